The number of carbonyl (C=O) groups excluding carboxylic acids is 1. The maximum absolute atomic E-state index is 12.7. The average Bonchev–Trinajstić information content (AvgIpc) is 2.74. The van der Waals surface area contributed by atoms with Crippen molar-refractivity contribution in [2.75, 3.05) is 17.2 Å². The zero-order chi connectivity index (χ0) is 19.5. The lowest BCUT2D eigenvalue weighted by atomic mass is 10.0. The van der Waals surface area contributed by atoms with Gasteiger partial charge in [0, 0.05) is 17.8 Å². The van der Waals surface area contributed by atoms with E-state index in [1.54, 1.807) is 0 Å². The number of rotatable bonds is 4. The molecule has 0 unspecified atom stereocenters. The number of amides is 1. The summed E-state index contributed by atoms with van der Waals surface area (Å²) in [6, 6.07) is 18.4. The molecule has 1 aliphatic heterocycles. The maximum atomic E-state index is 12.7. The number of fused-ring (bicyclic) bond motifs is 1. The van der Waals surface area contributed by atoms with E-state index < -0.39 is 0 Å². The molecule has 4 nitrogen and oxygen atoms in total. The number of benzene rings is 2. The maximum Gasteiger partial charge on any atom is 0.237 e. The van der Waals surface area contributed by atoms with Crippen molar-refractivity contribution in [1.29, 1.82) is 0 Å². The lowest BCUT2D eigenvalue weighted by molar-refractivity contribution is -0.116. The van der Waals surface area contributed by atoms with Gasteiger partial charge in [-0.2, -0.15) is 0 Å². The van der Waals surface area contributed by atoms with Gasteiger partial charge in [0.2, 0.25) is 5.91 Å². The van der Waals surface area contributed by atoms with Gasteiger partial charge < -0.3 is 4.90 Å². The van der Waals surface area contributed by atoms with Crippen LogP contribution in [0.1, 0.15) is 23.1 Å². The molecule has 142 valence electrons. The van der Waals surface area contributed by atoms with Crippen LogP contribution >= 0.6 is 11.8 Å². The molecule has 4 rings (SSSR count). The highest BCUT2D eigenvalue weighted by atomic mass is 32.2. The van der Waals surface area contributed by atoms with E-state index in [4.69, 9.17) is 0 Å². The smallest absolute Gasteiger partial charge is 0.237 e. The highest BCUT2D eigenvalue weighted by Crippen LogP contribution is 2.28. The first-order valence-electron chi connectivity index (χ1n) is 9.54. The molecule has 3 aromatic rings. The van der Waals surface area contributed by atoms with Gasteiger partial charge in [0.25, 0.3) is 0 Å². The lowest BCUT2D eigenvalue weighted by Gasteiger charge is -2.29. The zero-order valence-corrected chi connectivity index (χ0v) is 17.0. The van der Waals surface area contributed by atoms with Crippen LogP contribution in [0, 0.1) is 13.8 Å². The summed E-state index contributed by atoms with van der Waals surface area (Å²) in [5.74, 6) is 0.489. The molecule has 2 heterocycles. The van der Waals surface area contributed by atoms with Crippen LogP contribution in [-0.2, 0) is 11.2 Å². The van der Waals surface area contributed by atoms with Crippen LogP contribution in [0.2, 0.25) is 0 Å². The largest absolute Gasteiger partial charge is 0.311 e. The second-order valence-electron chi connectivity index (χ2n) is 7.12. The molecule has 0 aliphatic carbocycles. The van der Waals surface area contributed by atoms with E-state index in [0.717, 1.165) is 41.4 Å². The van der Waals surface area contributed by atoms with Gasteiger partial charge in [-0.3, -0.25) is 4.79 Å². The molecule has 0 saturated carbocycles. The minimum atomic E-state index is 0.122. The predicted octanol–water partition coefficient (Wildman–Crippen LogP) is 4.83. The topological polar surface area (TPSA) is 46.1 Å². The Bertz CT molecular complexity index is 1000. The Kier molecular flexibility index (Phi) is 5.44. The quantitative estimate of drug-likeness (QED) is 0.600. The molecule has 0 radical (unpaired) electrons. The molecule has 28 heavy (non-hydrogen) atoms. The summed E-state index contributed by atoms with van der Waals surface area (Å²) in [5.41, 5.74) is 6.73. The second kappa shape index (κ2) is 8.15. The van der Waals surface area contributed by atoms with Gasteiger partial charge in [0.1, 0.15) is 5.03 Å². The normalized spacial score (nSPS) is 13.3. The molecule has 0 saturated heterocycles. The Labute approximate surface area is 170 Å². The number of anilines is 1. The molecule has 1 aromatic heterocycles. The fourth-order valence-electron chi connectivity index (χ4n) is 3.46. The van der Waals surface area contributed by atoms with Crippen LogP contribution in [0.4, 0.5) is 5.69 Å². The second-order valence-corrected chi connectivity index (χ2v) is 8.12. The SMILES string of the molecule is Cc1ccc(-c2ccc(SCC(=O)N3CCCc4ccccc43)nn2)cc1C. The van der Waals surface area contributed by atoms with Gasteiger partial charge in [-0.15, -0.1) is 10.2 Å². The molecule has 0 spiro atoms. The highest BCUT2D eigenvalue weighted by molar-refractivity contribution is 7.99. The number of hydrogen-bond donors (Lipinski definition) is 0. The number of hydrogen-bond acceptors (Lipinski definition) is 4. The van der Waals surface area contributed by atoms with E-state index in [-0.39, 0.29) is 5.91 Å². The van der Waals surface area contributed by atoms with Crippen molar-refractivity contribution < 1.29 is 4.79 Å². The third kappa shape index (κ3) is 3.94. The molecule has 0 N–H and O–H groups in total. The van der Waals surface area contributed by atoms with Crippen molar-refractivity contribution in [2.24, 2.45) is 0 Å². The Hall–Kier alpha value is -2.66. The van der Waals surface area contributed by atoms with Gasteiger partial charge in [0.15, 0.2) is 0 Å². The van der Waals surface area contributed by atoms with Gasteiger partial charge in [-0.05, 0) is 67.6 Å². The molecule has 2 aromatic carbocycles. The molecule has 0 bridgehead atoms. The fraction of sp³-hybridized carbons (Fsp3) is 0.261. The summed E-state index contributed by atoms with van der Waals surface area (Å²) in [6.07, 6.45) is 2.05. The molecule has 1 amide bonds. The van der Waals surface area contributed by atoms with Crippen molar-refractivity contribution >= 4 is 23.4 Å². The van der Waals surface area contributed by atoms with E-state index in [1.165, 1.54) is 28.5 Å². The standard InChI is InChI=1S/C23H23N3OS/c1-16-9-10-19(14-17(16)2)20-11-12-22(25-24-20)28-15-23(27)26-13-5-7-18-6-3-4-8-21(18)26/h3-4,6,8-12,14H,5,7,13,15H2,1-2H3. The first-order chi connectivity index (χ1) is 13.6. The minimum absolute atomic E-state index is 0.122. The number of aryl methyl sites for hydroxylation is 3. The summed E-state index contributed by atoms with van der Waals surface area (Å²) in [6.45, 7) is 4.98. The summed E-state index contributed by atoms with van der Waals surface area (Å²) < 4.78 is 0. The lowest BCUT2D eigenvalue weighted by Crippen LogP contribution is -2.36. The van der Waals surface area contributed by atoms with Gasteiger partial charge in [-0.25, -0.2) is 0 Å². The van der Waals surface area contributed by atoms with Gasteiger partial charge in [-0.1, -0.05) is 42.1 Å². The van der Waals surface area contributed by atoms with Crippen molar-refractivity contribution in [3.63, 3.8) is 0 Å². The number of aromatic nitrogens is 2. The number of nitrogens with zero attached hydrogens (tertiary/aromatic N) is 3. The van der Waals surface area contributed by atoms with Crippen LogP contribution in [0.3, 0.4) is 0 Å². The molecular weight excluding hydrogens is 366 g/mol. The first kappa shape index (κ1) is 18.7. The van der Waals surface area contributed by atoms with E-state index in [9.17, 15) is 4.79 Å². The van der Waals surface area contributed by atoms with E-state index in [2.05, 4.69) is 48.3 Å². The monoisotopic (exact) mass is 389 g/mol. The van der Waals surface area contributed by atoms with Crippen molar-refractivity contribution in [1.82, 2.24) is 10.2 Å². The molecule has 0 fully saturated rings. The summed E-state index contributed by atoms with van der Waals surface area (Å²) in [7, 11) is 0. The molecule has 5 heteroatoms. The third-order valence-electron chi connectivity index (χ3n) is 5.20. The van der Waals surface area contributed by atoms with Gasteiger partial charge >= 0.3 is 0 Å². The minimum Gasteiger partial charge on any atom is -0.311 e. The van der Waals surface area contributed by atoms with Crippen molar-refractivity contribution in [2.45, 2.75) is 31.7 Å². The fourth-order valence-corrected chi connectivity index (χ4v) is 4.15. The third-order valence-corrected chi connectivity index (χ3v) is 6.10. The zero-order valence-electron chi connectivity index (χ0n) is 16.2. The molecular formula is C23H23N3OS. The Morgan fingerprint density at radius 1 is 1.04 bits per heavy atom. The van der Waals surface area contributed by atoms with Crippen LogP contribution < -0.4 is 4.90 Å². The summed E-state index contributed by atoms with van der Waals surface area (Å²) >= 11 is 1.44. The first-order valence-corrected chi connectivity index (χ1v) is 10.5. The van der Waals surface area contributed by atoms with E-state index in [0.29, 0.717) is 5.75 Å². The van der Waals surface area contributed by atoms with E-state index in [1.807, 2.05) is 35.2 Å². The number of thioether (sulfide) groups is 1. The number of carbonyl (C=O) groups is 1. The van der Waals surface area contributed by atoms with Crippen LogP contribution in [0.15, 0.2) is 59.6 Å². The Balaban J connectivity index is 1.41. The van der Waals surface area contributed by atoms with Gasteiger partial charge in [0.05, 0.1) is 11.4 Å². The van der Waals surface area contributed by atoms with Crippen molar-refractivity contribution in [3.8, 4) is 11.3 Å². The number of para-hydroxylation sites is 1. The molecule has 0 atom stereocenters. The average molecular weight is 390 g/mol. The van der Waals surface area contributed by atoms with Crippen LogP contribution in [-0.4, -0.2) is 28.4 Å². The van der Waals surface area contributed by atoms with E-state index >= 15 is 0 Å². The van der Waals surface area contributed by atoms with Crippen LogP contribution in [0.25, 0.3) is 11.3 Å². The Morgan fingerprint density at radius 3 is 2.68 bits per heavy atom. The van der Waals surface area contributed by atoms with Crippen LogP contribution in [0.5, 0.6) is 0 Å². The Morgan fingerprint density at radius 2 is 1.89 bits per heavy atom. The van der Waals surface area contributed by atoms with Crippen molar-refractivity contribution in [3.05, 3.63) is 71.3 Å². The summed E-state index contributed by atoms with van der Waals surface area (Å²) in [5, 5.41) is 9.43. The highest BCUT2D eigenvalue weighted by Gasteiger charge is 2.22. The predicted molar refractivity (Wildman–Crippen MR) is 115 cm³/mol. The summed E-state index contributed by atoms with van der Waals surface area (Å²) in [4.78, 5) is 14.7. The molecule has 1 aliphatic rings.